The second-order valence-corrected chi connectivity index (χ2v) is 2.43. The fourth-order valence-electron chi connectivity index (χ4n) is 0.581. The van der Waals surface area contributed by atoms with Gasteiger partial charge < -0.3 is 5.11 Å². The van der Waals surface area contributed by atoms with Gasteiger partial charge >= 0.3 is 14.2 Å². The zero-order valence-corrected chi connectivity index (χ0v) is 7.39. The summed E-state index contributed by atoms with van der Waals surface area (Å²) in [5.41, 5.74) is 0.331. The molecule has 0 saturated heterocycles. The molecule has 1 rings (SSSR count). The Morgan fingerprint density at radius 2 is 1.54 bits per heavy atom. The topological polar surface area (TPSA) is 94.8 Å². The molecule has 0 atom stereocenters. The Kier molecular flexibility index (Phi) is 5.63. The molecular weight excluding hydrogens is 195 g/mol. The molecule has 1 aromatic carbocycles. The zero-order chi connectivity index (χ0) is 10.3. The smallest absolute Gasteiger partial charge is 0.478 e. The lowest BCUT2D eigenvalue weighted by molar-refractivity contribution is 0.0697. The van der Waals surface area contributed by atoms with Gasteiger partial charge in [-0.05, 0) is 12.1 Å². The highest BCUT2D eigenvalue weighted by Gasteiger charge is 1.96. The Morgan fingerprint density at radius 3 is 1.77 bits per heavy atom. The summed E-state index contributed by atoms with van der Waals surface area (Å²) < 4.78 is 8.70. The van der Waals surface area contributed by atoms with Gasteiger partial charge in [0, 0.05) is 4.57 Å². The third-order valence-electron chi connectivity index (χ3n) is 1.02. The van der Waals surface area contributed by atoms with Crippen molar-refractivity contribution in [2.75, 3.05) is 0 Å². The molecule has 0 spiro atoms. The van der Waals surface area contributed by atoms with Gasteiger partial charge in [0.1, 0.15) is 0 Å². The minimum absolute atomic E-state index is 0.331. The summed E-state index contributed by atoms with van der Waals surface area (Å²) in [7, 11) is -2.87. The van der Waals surface area contributed by atoms with Crippen molar-refractivity contribution in [3.63, 3.8) is 0 Å². The molecule has 0 saturated carbocycles. The van der Waals surface area contributed by atoms with Crippen LogP contribution in [0.5, 0.6) is 0 Å². The van der Waals surface area contributed by atoms with E-state index < -0.39 is 14.2 Å². The van der Waals surface area contributed by atoms with Crippen molar-refractivity contribution < 1.29 is 24.3 Å². The number of carbonyl (C=O) groups is 1. The fourth-order valence-corrected chi connectivity index (χ4v) is 0.581. The van der Waals surface area contributed by atoms with Crippen LogP contribution >= 0.6 is 8.25 Å². The molecule has 3 N–H and O–H groups in total. The summed E-state index contributed by atoms with van der Waals surface area (Å²) in [6, 6.07) is 8.30. The van der Waals surface area contributed by atoms with Crippen molar-refractivity contribution in [3.05, 3.63) is 35.9 Å². The quantitative estimate of drug-likeness (QED) is 0.592. The lowest BCUT2D eigenvalue weighted by Gasteiger charge is -1.88. The van der Waals surface area contributed by atoms with Crippen LogP contribution in [0.15, 0.2) is 30.3 Å². The molecular formula is C7H8O5P+. The Bertz CT molecular complexity index is 280. The maximum Gasteiger partial charge on any atom is 0.692 e. The van der Waals surface area contributed by atoms with E-state index in [4.69, 9.17) is 19.5 Å². The summed E-state index contributed by atoms with van der Waals surface area (Å²) in [6.07, 6.45) is 0. The number of aromatic carboxylic acids is 1. The summed E-state index contributed by atoms with van der Waals surface area (Å²) in [4.78, 5) is 24.4. The normalized spacial score (nSPS) is 8.15. The van der Waals surface area contributed by atoms with Crippen LogP contribution in [0.4, 0.5) is 0 Å². The van der Waals surface area contributed by atoms with Crippen LogP contribution in [-0.2, 0) is 4.57 Å². The van der Waals surface area contributed by atoms with Crippen molar-refractivity contribution in [2.24, 2.45) is 0 Å². The highest BCUT2D eigenvalue weighted by molar-refractivity contribution is 7.30. The predicted octanol–water partition coefficient (Wildman–Crippen LogP) is 1.01. The molecule has 6 heteroatoms. The first-order chi connectivity index (χ1) is 6.04. The molecule has 0 fully saturated rings. The van der Waals surface area contributed by atoms with Gasteiger partial charge in [0.15, 0.2) is 0 Å². The van der Waals surface area contributed by atoms with E-state index in [-0.39, 0.29) is 0 Å². The fraction of sp³-hybridized carbons (Fsp3) is 0. The van der Waals surface area contributed by atoms with Crippen molar-refractivity contribution in [2.45, 2.75) is 0 Å². The van der Waals surface area contributed by atoms with E-state index in [1.807, 2.05) is 0 Å². The van der Waals surface area contributed by atoms with E-state index in [2.05, 4.69) is 0 Å². The first kappa shape index (κ1) is 11.7. The number of benzene rings is 1. The Labute approximate surface area is 75.2 Å². The largest absolute Gasteiger partial charge is 0.692 e. The third-order valence-corrected chi connectivity index (χ3v) is 1.02. The SMILES string of the molecule is O=C(O)c1ccccc1.O=[P+](O)O. The van der Waals surface area contributed by atoms with E-state index in [0.717, 1.165) is 0 Å². The van der Waals surface area contributed by atoms with Gasteiger partial charge in [-0.25, -0.2) is 4.79 Å². The van der Waals surface area contributed by atoms with Crippen LogP contribution < -0.4 is 0 Å². The van der Waals surface area contributed by atoms with Crippen LogP contribution in [0.2, 0.25) is 0 Å². The molecule has 1 aromatic rings. The number of carboxylic acid groups (broad SMARTS) is 1. The molecule has 0 aliphatic heterocycles. The van der Waals surface area contributed by atoms with Crippen molar-refractivity contribution in [3.8, 4) is 0 Å². The number of hydrogen-bond donors (Lipinski definition) is 3. The molecule has 0 amide bonds. The van der Waals surface area contributed by atoms with Gasteiger partial charge in [-0.1, -0.05) is 18.2 Å². The van der Waals surface area contributed by atoms with Gasteiger partial charge in [-0.15, -0.1) is 9.79 Å². The Balaban J connectivity index is 0.000000310. The van der Waals surface area contributed by atoms with Crippen LogP contribution in [0.25, 0.3) is 0 Å². The minimum atomic E-state index is -2.87. The molecule has 0 bridgehead atoms. The molecule has 0 radical (unpaired) electrons. The molecule has 70 valence electrons. The average molecular weight is 203 g/mol. The number of hydrogen-bond acceptors (Lipinski definition) is 2. The monoisotopic (exact) mass is 203 g/mol. The van der Waals surface area contributed by atoms with Crippen LogP contribution in [0, 0.1) is 0 Å². The van der Waals surface area contributed by atoms with E-state index in [1.54, 1.807) is 30.3 Å². The number of carboxylic acids is 1. The zero-order valence-electron chi connectivity index (χ0n) is 6.49. The Hall–Kier alpha value is -1.29. The standard InChI is InChI=1S/C7H6O2.HO3P/c8-7(9)6-4-2-1-3-5-6;1-4(2)3/h1-5H,(H,8,9);(H-,1,2,3)/p+1. The van der Waals surface area contributed by atoms with Crippen molar-refractivity contribution >= 4 is 14.2 Å². The second kappa shape index (κ2) is 6.25. The third kappa shape index (κ3) is 7.08. The average Bonchev–Trinajstić information content (AvgIpc) is 2.05. The van der Waals surface area contributed by atoms with Crippen molar-refractivity contribution in [1.29, 1.82) is 0 Å². The lowest BCUT2D eigenvalue weighted by atomic mass is 10.2. The first-order valence-corrected chi connectivity index (χ1v) is 4.34. The Morgan fingerprint density at radius 1 is 1.15 bits per heavy atom. The maximum atomic E-state index is 10.2. The van der Waals surface area contributed by atoms with E-state index in [9.17, 15) is 4.79 Å². The van der Waals surface area contributed by atoms with Gasteiger partial charge in [-0.2, -0.15) is 0 Å². The van der Waals surface area contributed by atoms with Crippen LogP contribution in [-0.4, -0.2) is 20.9 Å². The van der Waals surface area contributed by atoms with Gasteiger partial charge in [0.25, 0.3) is 0 Å². The first-order valence-electron chi connectivity index (χ1n) is 3.17. The summed E-state index contributed by atoms with van der Waals surface area (Å²) in [5, 5.41) is 8.38. The summed E-state index contributed by atoms with van der Waals surface area (Å²) in [5.74, 6) is -0.879. The van der Waals surface area contributed by atoms with E-state index in [1.165, 1.54) is 0 Å². The molecule has 13 heavy (non-hydrogen) atoms. The molecule has 0 aliphatic carbocycles. The maximum absolute atomic E-state index is 10.2. The number of rotatable bonds is 1. The van der Waals surface area contributed by atoms with E-state index >= 15 is 0 Å². The van der Waals surface area contributed by atoms with Gasteiger partial charge in [0.05, 0.1) is 5.56 Å². The molecule has 0 heterocycles. The van der Waals surface area contributed by atoms with Crippen LogP contribution in [0.3, 0.4) is 0 Å². The molecule has 5 nitrogen and oxygen atoms in total. The minimum Gasteiger partial charge on any atom is -0.478 e. The highest BCUT2D eigenvalue weighted by atomic mass is 31.1. The molecule has 0 aliphatic rings. The second-order valence-electron chi connectivity index (χ2n) is 1.92. The van der Waals surface area contributed by atoms with Gasteiger partial charge in [0.2, 0.25) is 0 Å². The predicted molar refractivity (Wildman–Crippen MR) is 45.4 cm³/mol. The van der Waals surface area contributed by atoms with Crippen molar-refractivity contribution in [1.82, 2.24) is 0 Å². The summed E-state index contributed by atoms with van der Waals surface area (Å²) >= 11 is 0. The highest BCUT2D eigenvalue weighted by Crippen LogP contribution is 1.98. The molecule has 0 aromatic heterocycles. The van der Waals surface area contributed by atoms with Gasteiger partial charge in [-0.3, -0.25) is 0 Å². The molecule has 0 unspecified atom stereocenters. The van der Waals surface area contributed by atoms with E-state index in [0.29, 0.717) is 5.56 Å². The summed E-state index contributed by atoms with van der Waals surface area (Å²) in [6.45, 7) is 0. The van der Waals surface area contributed by atoms with Crippen LogP contribution in [0.1, 0.15) is 10.4 Å². The lowest BCUT2D eigenvalue weighted by Crippen LogP contribution is -1.93.